The number of hydrogen-bond donors (Lipinski definition) is 0. The van der Waals surface area contributed by atoms with Crippen LogP contribution in [0.1, 0.15) is 18.5 Å². The van der Waals surface area contributed by atoms with Crippen molar-refractivity contribution in [2.24, 2.45) is 0 Å². The Kier molecular flexibility index (Phi) is 4.34. The molecule has 0 fully saturated rings. The fraction of sp³-hybridized carbons (Fsp3) is 0.333. The van der Waals surface area contributed by atoms with Crippen LogP contribution in [0.2, 0.25) is 0 Å². The molecule has 2 rings (SSSR count). The summed E-state index contributed by atoms with van der Waals surface area (Å²) in [4.78, 5) is 15.7. The van der Waals surface area contributed by atoms with Crippen molar-refractivity contribution in [3.8, 4) is 5.75 Å². The Labute approximate surface area is 112 Å². The van der Waals surface area contributed by atoms with E-state index in [0.717, 1.165) is 22.3 Å². The van der Waals surface area contributed by atoms with Gasteiger partial charge in [-0.15, -0.1) is 0 Å². The number of carbonyl (C=O) groups excluding carboxylic acids is 1. The first-order valence-electron chi connectivity index (χ1n) is 6.24. The van der Waals surface area contributed by atoms with Crippen molar-refractivity contribution in [3.05, 3.63) is 36.0 Å². The van der Waals surface area contributed by atoms with Crippen molar-refractivity contribution in [2.45, 2.75) is 19.3 Å². The summed E-state index contributed by atoms with van der Waals surface area (Å²) in [5, 5.41) is 1.05. The van der Waals surface area contributed by atoms with Crippen LogP contribution in [-0.4, -0.2) is 25.2 Å². The molecule has 19 heavy (non-hydrogen) atoms. The molecule has 0 saturated heterocycles. The summed E-state index contributed by atoms with van der Waals surface area (Å²) in [6.45, 7) is 0. The number of hydrogen-bond acceptors (Lipinski definition) is 4. The van der Waals surface area contributed by atoms with Crippen molar-refractivity contribution >= 4 is 16.9 Å². The summed E-state index contributed by atoms with van der Waals surface area (Å²) in [5.41, 5.74) is 1.82. The second kappa shape index (κ2) is 6.18. The number of esters is 1. The quantitative estimate of drug-likeness (QED) is 0.775. The van der Waals surface area contributed by atoms with Crippen LogP contribution in [0, 0.1) is 0 Å². The van der Waals surface area contributed by atoms with E-state index in [-0.39, 0.29) is 5.97 Å². The number of pyridine rings is 1. The van der Waals surface area contributed by atoms with E-state index in [1.165, 1.54) is 7.11 Å². The Morgan fingerprint density at radius 2 is 2.05 bits per heavy atom. The molecule has 2 aromatic rings. The Hall–Kier alpha value is -2.10. The second-order valence-electron chi connectivity index (χ2n) is 4.26. The fourth-order valence-electron chi connectivity index (χ4n) is 1.99. The highest BCUT2D eigenvalue weighted by molar-refractivity contribution is 5.80. The minimum absolute atomic E-state index is 0.195. The number of aryl methyl sites for hydroxylation is 1. The maximum absolute atomic E-state index is 11.1. The number of carbonyl (C=O) groups is 1. The van der Waals surface area contributed by atoms with Crippen LogP contribution in [0.5, 0.6) is 5.75 Å². The van der Waals surface area contributed by atoms with Crippen molar-refractivity contribution in [3.63, 3.8) is 0 Å². The molecule has 0 saturated carbocycles. The van der Waals surface area contributed by atoms with Gasteiger partial charge in [-0.2, -0.15) is 0 Å². The molecule has 0 amide bonds. The van der Waals surface area contributed by atoms with Crippen LogP contribution >= 0.6 is 0 Å². The molecule has 0 aliphatic carbocycles. The van der Waals surface area contributed by atoms with Crippen LogP contribution in [-0.2, 0) is 16.0 Å². The highest BCUT2D eigenvalue weighted by atomic mass is 16.5. The largest absolute Gasteiger partial charge is 0.495 e. The van der Waals surface area contributed by atoms with E-state index in [1.54, 1.807) is 7.11 Å². The maximum atomic E-state index is 11.1. The van der Waals surface area contributed by atoms with E-state index in [1.807, 2.05) is 30.3 Å². The molecule has 0 spiro atoms. The normalized spacial score (nSPS) is 10.4. The number of aromatic nitrogens is 1. The standard InChI is InChI=1S/C15H17NO3/c1-18-14-10-11-6-3-4-7-12(11)16-13(14)8-5-9-15(17)19-2/h3-4,6-7,10H,5,8-9H2,1-2H3. The lowest BCUT2D eigenvalue weighted by Crippen LogP contribution is -2.02. The first-order chi connectivity index (χ1) is 9.24. The molecule has 1 aromatic carbocycles. The minimum Gasteiger partial charge on any atom is -0.495 e. The number of ether oxygens (including phenoxy) is 2. The highest BCUT2D eigenvalue weighted by Crippen LogP contribution is 2.24. The summed E-state index contributed by atoms with van der Waals surface area (Å²) in [7, 11) is 3.03. The van der Waals surface area contributed by atoms with Gasteiger partial charge in [0.2, 0.25) is 0 Å². The summed E-state index contributed by atoms with van der Waals surface area (Å²) >= 11 is 0. The number of fused-ring (bicyclic) bond motifs is 1. The minimum atomic E-state index is -0.195. The molecule has 100 valence electrons. The van der Waals surface area contributed by atoms with Gasteiger partial charge in [-0.05, 0) is 25.0 Å². The lowest BCUT2D eigenvalue weighted by molar-refractivity contribution is -0.140. The zero-order valence-electron chi connectivity index (χ0n) is 11.2. The molecule has 1 aromatic heterocycles. The molecule has 1 heterocycles. The van der Waals surface area contributed by atoms with E-state index in [0.29, 0.717) is 19.3 Å². The van der Waals surface area contributed by atoms with Gasteiger partial charge in [0.15, 0.2) is 0 Å². The van der Waals surface area contributed by atoms with Crippen LogP contribution in [0.25, 0.3) is 10.9 Å². The average Bonchev–Trinajstić information content (AvgIpc) is 2.46. The van der Waals surface area contributed by atoms with E-state index >= 15 is 0 Å². The lowest BCUT2D eigenvalue weighted by Gasteiger charge is -2.09. The molecule has 0 aliphatic heterocycles. The first kappa shape index (κ1) is 13.3. The average molecular weight is 259 g/mol. The smallest absolute Gasteiger partial charge is 0.305 e. The summed E-state index contributed by atoms with van der Waals surface area (Å²) in [6, 6.07) is 9.89. The predicted octanol–water partition coefficient (Wildman–Crippen LogP) is 2.74. The van der Waals surface area contributed by atoms with Crippen molar-refractivity contribution in [2.75, 3.05) is 14.2 Å². The van der Waals surface area contributed by atoms with E-state index in [9.17, 15) is 4.79 Å². The van der Waals surface area contributed by atoms with Gasteiger partial charge in [-0.1, -0.05) is 18.2 Å². The van der Waals surface area contributed by atoms with Gasteiger partial charge >= 0.3 is 5.97 Å². The fourth-order valence-corrected chi connectivity index (χ4v) is 1.99. The van der Waals surface area contributed by atoms with Gasteiger partial charge in [0.1, 0.15) is 5.75 Å². The molecular formula is C15H17NO3. The van der Waals surface area contributed by atoms with E-state index in [4.69, 9.17) is 4.74 Å². The van der Waals surface area contributed by atoms with Crippen molar-refractivity contribution in [1.29, 1.82) is 0 Å². The highest BCUT2D eigenvalue weighted by Gasteiger charge is 2.08. The molecule has 0 N–H and O–H groups in total. The number of rotatable bonds is 5. The van der Waals surface area contributed by atoms with Crippen LogP contribution in [0.3, 0.4) is 0 Å². The number of nitrogens with zero attached hydrogens (tertiary/aromatic N) is 1. The van der Waals surface area contributed by atoms with Crippen LogP contribution < -0.4 is 4.74 Å². The SMILES string of the molecule is COC(=O)CCCc1nc2ccccc2cc1OC. The monoisotopic (exact) mass is 259 g/mol. The summed E-state index contributed by atoms with van der Waals surface area (Å²) in [6.07, 6.45) is 1.80. The van der Waals surface area contributed by atoms with Gasteiger partial charge in [0, 0.05) is 11.8 Å². The summed E-state index contributed by atoms with van der Waals surface area (Å²) < 4.78 is 9.98. The second-order valence-corrected chi connectivity index (χ2v) is 4.26. The van der Waals surface area contributed by atoms with Crippen molar-refractivity contribution in [1.82, 2.24) is 4.98 Å². The molecular weight excluding hydrogens is 242 g/mol. The van der Waals surface area contributed by atoms with Gasteiger partial charge in [-0.3, -0.25) is 4.79 Å². The van der Waals surface area contributed by atoms with E-state index < -0.39 is 0 Å². The lowest BCUT2D eigenvalue weighted by atomic mass is 10.1. The summed E-state index contributed by atoms with van der Waals surface area (Å²) in [5.74, 6) is 0.573. The van der Waals surface area contributed by atoms with Crippen LogP contribution in [0.4, 0.5) is 0 Å². The first-order valence-corrected chi connectivity index (χ1v) is 6.24. The Balaban J connectivity index is 2.18. The maximum Gasteiger partial charge on any atom is 0.305 e. The Bertz CT molecular complexity index is 581. The predicted molar refractivity (Wildman–Crippen MR) is 73.2 cm³/mol. The van der Waals surface area contributed by atoms with Crippen molar-refractivity contribution < 1.29 is 14.3 Å². The van der Waals surface area contributed by atoms with Crippen LogP contribution in [0.15, 0.2) is 30.3 Å². The topological polar surface area (TPSA) is 48.4 Å². The molecule has 0 radical (unpaired) electrons. The molecule has 0 bridgehead atoms. The third-order valence-corrected chi connectivity index (χ3v) is 3.01. The molecule has 0 atom stereocenters. The Morgan fingerprint density at radius 3 is 2.79 bits per heavy atom. The Morgan fingerprint density at radius 1 is 1.26 bits per heavy atom. The molecule has 0 aliphatic rings. The number of methoxy groups -OCH3 is 2. The zero-order chi connectivity index (χ0) is 13.7. The third-order valence-electron chi connectivity index (χ3n) is 3.01. The number of para-hydroxylation sites is 1. The van der Waals surface area contributed by atoms with Gasteiger partial charge < -0.3 is 9.47 Å². The number of benzene rings is 1. The molecule has 4 nitrogen and oxygen atoms in total. The molecule has 0 unspecified atom stereocenters. The third kappa shape index (κ3) is 3.22. The van der Waals surface area contributed by atoms with Gasteiger partial charge in [-0.25, -0.2) is 4.98 Å². The molecule has 4 heteroatoms. The van der Waals surface area contributed by atoms with Gasteiger partial charge in [0.05, 0.1) is 25.4 Å². The zero-order valence-corrected chi connectivity index (χ0v) is 11.2. The van der Waals surface area contributed by atoms with Gasteiger partial charge in [0.25, 0.3) is 0 Å². The van der Waals surface area contributed by atoms with E-state index in [2.05, 4.69) is 9.72 Å².